The van der Waals surface area contributed by atoms with Crippen molar-refractivity contribution in [3.63, 3.8) is 0 Å². The second-order valence-corrected chi connectivity index (χ2v) is 19.6. The number of likely N-dealkylation sites (N-methyl/N-ethyl adjacent to an activating group) is 1. The van der Waals surface area contributed by atoms with Crippen LogP contribution in [-0.4, -0.2) is 118 Å². The van der Waals surface area contributed by atoms with E-state index < -0.39 is 53.2 Å². The molecule has 7 rings (SSSR count). The Bertz CT molecular complexity index is 2440. The third-order valence-corrected chi connectivity index (χ3v) is 13.9. The fourth-order valence-electron chi connectivity index (χ4n) is 10.5. The number of cyclic esters (lactones) is 1. The largest absolute Gasteiger partial charge is 0.508 e. The van der Waals surface area contributed by atoms with Crippen LogP contribution in [0.15, 0.2) is 67.1 Å². The highest BCUT2D eigenvalue weighted by Crippen LogP contribution is 2.43. The molecule has 4 unspecified atom stereocenters. The van der Waals surface area contributed by atoms with Gasteiger partial charge < -0.3 is 34.8 Å². The normalized spacial score (nSPS) is 24.0. The van der Waals surface area contributed by atoms with Gasteiger partial charge in [-0.05, 0) is 123 Å². The van der Waals surface area contributed by atoms with Crippen molar-refractivity contribution in [2.75, 3.05) is 40.3 Å². The minimum absolute atomic E-state index is 0.0604. The summed E-state index contributed by atoms with van der Waals surface area (Å²) in [6, 6.07) is 7.65. The van der Waals surface area contributed by atoms with E-state index in [0.717, 1.165) is 44.6 Å². The van der Waals surface area contributed by atoms with Crippen LogP contribution >= 0.6 is 0 Å². The number of carbonyl (C=O) groups is 5. The highest BCUT2D eigenvalue weighted by molar-refractivity contribution is 5.96. The first kappa shape index (κ1) is 48.1. The SMILES string of the molecule is C=CC(=O)N1CC[C@H](C(=O)N(C)C(C(=O)NC2CC3C=C(O)C=C(c4ccc5c(c4)c(c(-c4cccnc4CNC)n5CC)CC(C)(C)COC(=O)[C@@H]4CCCN(N4)C2=O)C3C)C(C)C)C1. The maximum absolute atomic E-state index is 14.8. The molecule has 66 heavy (non-hydrogen) atoms. The van der Waals surface area contributed by atoms with E-state index in [2.05, 4.69) is 79.2 Å². The van der Waals surface area contributed by atoms with Crippen LogP contribution in [0.4, 0.5) is 0 Å². The van der Waals surface area contributed by atoms with E-state index in [1.165, 1.54) is 16.0 Å². The molecule has 1 aliphatic carbocycles. The number of aliphatic hydroxyl groups excluding tert-OH is 1. The fourth-order valence-corrected chi connectivity index (χ4v) is 10.5. The molecule has 6 bridgehead atoms. The predicted octanol–water partition coefficient (Wildman–Crippen LogP) is 5.55. The van der Waals surface area contributed by atoms with Gasteiger partial charge >= 0.3 is 5.97 Å². The van der Waals surface area contributed by atoms with Crippen LogP contribution in [0, 0.1) is 29.1 Å². The molecular weight excluding hydrogens is 837 g/mol. The molecule has 15 nitrogen and oxygen atoms in total. The Morgan fingerprint density at radius 1 is 1.15 bits per heavy atom. The quantitative estimate of drug-likeness (QED) is 0.149. The van der Waals surface area contributed by atoms with Gasteiger partial charge in [-0.25, -0.2) is 5.43 Å². The number of aromatic nitrogens is 2. The number of fused-ring (bicyclic) bond motifs is 6. The van der Waals surface area contributed by atoms with Gasteiger partial charge in [-0.3, -0.25) is 34.0 Å². The van der Waals surface area contributed by atoms with E-state index in [9.17, 15) is 29.1 Å². The van der Waals surface area contributed by atoms with Crippen molar-refractivity contribution in [3.8, 4) is 11.3 Å². The lowest BCUT2D eigenvalue weighted by molar-refractivity contribution is -0.155. The summed E-state index contributed by atoms with van der Waals surface area (Å²) >= 11 is 0. The number of benzene rings is 1. The molecule has 0 saturated carbocycles. The van der Waals surface area contributed by atoms with Gasteiger partial charge in [0.1, 0.15) is 23.9 Å². The van der Waals surface area contributed by atoms with Gasteiger partial charge in [-0.15, -0.1) is 0 Å². The van der Waals surface area contributed by atoms with Crippen LogP contribution < -0.4 is 16.1 Å². The average molecular weight is 905 g/mol. The van der Waals surface area contributed by atoms with Crippen molar-refractivity contribution in [1.82, 2.24) is 40.4 Å². The number of aryl methyl sites for hydroxylation is 1. The molecule has 15 heteroatoms. The number of allylic oxidation sites excluding steroid dienone is 3. The van der Waals surface area contributed by atoms with Crippen molar-refractivity contribution < 1.29 is 33.8 Å². The molecule has 2 aromatic heterocycles. The van der Waals surface area contributed by atoms with E-state index in [-0.39, 0.29) is 49.0 Å². The van der Waals surface area contributed by atoms with Crippen molar-refractivity contribution in [2.24, 2.45) is 29.1 Å². The van der Waals surface area contributed by atoms with Crippen molar-refractivity contribution in [2.45, 2.75) is 105 Å². The minimum Gasteiger partial charge on any atom is -0.508 e. The number of aliphatic hydroxyl groups is 1. The summed E-state index contributed by atoms with van der Waals surface area (Å²) < 4.78 is 8.45. The molecule has 4 amide bonds. The lowest BCUT2D eigenvalue weighted by Gasteiger charge is -2.38. The summed E-state index contributed by atoms with van der Waals surface area (Å²) in [5.74, 6) is -3.27. The number of pyridine rings is 1. The van der Waals surface area contributed by atoms with Gasteiger partial charge in [0.2, 0.25) is 17.7 Å². The predicted molar refractivity (Wildman–Crippen MR) is 254 cm³/mol. The number of esters is 1. The van der Waals surface area contributed by atoms with Crippen molar-refractivity contribution in [3.05, 3.63) is 83.9 Å². The summed E-state index contributed by atoms with van der Waals surface area (Å²) in [6.45, 7) is 18.0. The standard InChI is InChI=1S/C51H68N8O7/c1-10-44(61)57-21-18-33(28-57)48(63)56(9)45(30(3)4)47(62)54-41-24-34-22-35(60)25-37(31(34)5)32-16-17-43-38(23-32)39(46(58(43)11-2)36-14-12-19-53-42(36)27-52-8)26-51(6,7)29-66-50(65)40-15-13-20-59(55-40)49(41)64/h10,12,14,16-17,19,22-23,25,30-31,33-34,40-41,45,52,55,60H,1,11,13,15,18,20-21,24,26-29H2,2-9H3,(H,54,62)/t31?,33-,34?,40-,41?,45?/m0/s1. The molecule has 3 aliphatic heterocycles. The van der Waals surface area contributed by atoms with Gasteiger partial charge in [0, 0.05) is 67.8 Å². The number of amides is 4. The molecule has 4 aliphatic rings. The maximum atomic E-state index is 14.8. The summed E-state index contributed by atoms with van der Waals surface area (Å²) in [7, 11) is 3.50. The lowest BCUT2D eigenvalue weighted by Crippen LogP contribution is -2.62. The van der Waals surface area contributed by atoms with Crippen LogP contribution in [0.2, 0.25) is 0 Å². The first-order valence-corrected chi connectivity index (χ1v) is 23.6. The number of carbonyl (C=O) groups excluding carboxylic acids is 5. The molecule has 0 radical (unpaired) electrons. The Morgan fingerprint density at radius 2 is 1.92 bits per heavy atom. The topological polar surface area (TPSA) is 178 Å². The molecular formula is C51H68N8O7. The van der Waals surface area contributed by atoms with E-state index in [1.807, 2.05) is 33.2 Å². The zero-order valence-corrected chi connectivity index (χ0v) is 39.9. The zero-order valence-electron chi connectivity index (χ0n) is 39.9. The number of ether oxygens (including phenoxy) is 1. The Kier molecular flexibility index (Phi) is 14.6. The highest BCUT2D eigenvalue weighted by Gasteiger charge is 2.41. The van der Waals surface area contributed by atoms with Gasteiger partial charge in [0.25, 0.3) is 5.91 Å². The van der Waals surface area contributed by atoms with Crippen LogP contribution in [0.1, 0.15) is 84.0 Å². The van der Waals surface area contributed by atoms with E-state index in [1.54, 1.807) is 24.1 Å². The molecule has 6 atom stereocenters. The highest BCUT2D eigenvalue weighted by atomic mass is 16.5. The Labute approximate surface area is 388 Å². The number of likely N-dealkylation sites (tertiary alicyclic amines) is 1. The van der Waals surface area contributed by atoms with Crippen molar-refractivity contribution in [1.29, 1.82) is 0 Å². The third kappa shape index (κ3) is 9.83. The van der Waals surface area contributed by atoms with Crippen LogP contribution in [0.5, 0.6) is 0 Å². The zero-order chi connectivity index (χ0) is 47.6. The van der Waals surface area contributed by atoms with E-state index >= 15 is 0 Å². The summed E-state index contributed by atoms with van der Waals surface area (Å²) in [5, 5.41) is 20.3. The number of nitrogens with zero attached hydrogens (tertiary/aromatic N) is 5. The number of hydrazine groups is 1. The van der Waals surface area contributed by atoms with Crippen LogP contribution in [0.3, 0.4) is 0 Å². The maximum Gasteiger partial charge on any atom is 0.324 e. The van der Waals surface area contributed by atoms with E-state index in [0.29, 0.717) is 51.9 Å². The number of hydrogen-bond acceptors (Lipinski definition) is 10. The molecule has 2 fully saturated rings. The number of hydrogen-bond donors (Lipinski definition) is 4. The second-order valence-electron chi connectivity index (χ2n) is 19.6. The average Bonchev–Trinajstić information content (AvgIpc) is 3.91. The molecule has 2 saturated heterocycles. The van der Waals surface area contributed by atoms with Gasteiger partial charge in [-0.1, -0.05) is 47.3 Å². The van der Waals surface area contributed by atoms with Gasteiger partial charge in [-0.2, -0.15) is 0 Å². The fraction of sp³-hybridized carbons (Fsp3) is 0.529. The number of rotatable bonds is 10. The van der Waals surface area contributed by atoms with Gasteiger partial charge in [0.15, 0.2) is 0 Å². The Morgan fingerprint density at radius 3 is 2.64 bits per heavy atom. The van der Waals surface area contributed by atoms with Crippen LogP contribution in [-0.2, 0) is 48.2 Å². The molecule has 3 aromatic rings. The molecule has 5 heterocycles. The Hall–Kier alpha value is -5.80. The van der Waals surface area contributed by atoms with E-state index in [4.69, 9.17) is 9.72 Å². The van der Waals surface area contributed by atoms with Crippen LogP contribution in [0.25, 0.3) is 27.7 Å². The number of nitrogens with one attached hydrogen (secondary N) is 3. The second kappa shape index (κ2) is 20.0. The molecule has 4 N–H and O–H groups in total. The summed E-state index contributed by atoms with van der Waals surface area (Å²) in [4.78, 5) is 77.5. The monoisotopic (exact) mass is 905 g/mol. The summed E-state index contributed by atoms with van der Waals surface area (Å²) in [5.41, 5.74) is 9.60. The van der Waals surface area contributed by atoms with Crippen molar-refractivity contribution >= 4 is 46.1 Å². The smallest absolute Gasteiger partial charge is 0.324 e. The molecule has 1 aromatic carbocycles. The molecule has 354 valence electrons. The minimum atomic E-state index is -1.10. The summed E-state index contributed by atoms with van der Waals surface area (Å²) in [6.07, 6.45) is 8.73. The first-order valence-electron chi connectivity index (χ1n) is 23.6. The third-order valence-electron chi connectivity index (χ3n) is 13.9. The van der Waals surface area contributed by atoms with Gasteiger partial charge in [0.05, 0.1) is 23.9 Å². The molecule has 0 spiro atoms. The first-order chi connectivity index (χ1) is 31.5. The lowest BCUT2D eigenvalue weighted by atomic mass is 9.76. The Balaban J connectivity index is 1.29.